The van der Waals surface area contributed by atoms with Gasteiger partial charge in [0.2, 0.25) is 0 Å². The Bertz CT molecular complexity index is 606. The van der Waals surface area contributed by atoms with Crippen molar-refractivity contribution < 1.29 is 17.9 Å². The molecule has 128 valence electrons. The monoisotopic (exact) mass is 341 g/mol. The van der Waals surface area contributed by atoms with Gasteiger partial charge in [0.05, 0.1) is 12.5 Å². The highest BCUT2D eigenvalue weighted by Crippen LogP contribution is 2.19. The molecule has 0 bridgehead atoms. The number of nitrogens with one attached hydrogen (secondary N) is 1. The molecule has 1 aliphatic heterocycles. The van der Waals surface area contributed by atoms with Gasteiger partial charge in [0.15, 0.2) is 0 Å². The van der Waals surface area contributed by atoms with Crippen molar-refractivity contribution in [2.75, 3.05) is 26.2 Å². The van der Waals surface area contributed by atoms with Crippen molar-refractivity contribution in [1.82, 2.24) is 14.0 Å². The Hall–Kier alpha value is -1.51. The number of ether oxygens (including phenoxy) is 1. The number of piperidine rings is 1. The quantitative estimate of drug-likeness (QED) is 0.739. The maximum absolute atomic E-state index is 12.3. The highest BCUT2D eigenvalue weighted by molar-refractivity contribution is 7.87. The normalized spacial score (nSPS) is 19.4. The zero-order valence-electron chi connectivity index (χ0n) is 13.3. The molecular formula is C15H23N3O4S. The molecule has 0 unspecified atom stereocenters. The van der Waals surface area contributed by atoms with E-state index in [9.17, 15) is 13.2 Å². The lowest BCUT2D eigenvalue weighted by molar-refractivity contribution is -0.149. The fourth-order valence-electron chi connectivity index (χ4n) is 2.56. The summed E-state index contributed by atoms with van der Waals surface area (Å²) in [5, 5.41) is 0. The van der Waals surface area contributed by atoms with Crippen LogP contribution >= 0.6 is 0 Å². The van der Waals surface area contributed by atoms with Crippen LogP contribution in [-0.2, 0) is 26.2 Å². The summed E-state index contributed by atoms with van der Waals surface area (Å²) in [6, 6.07) is 5.54. The second-order valence-corrected chi connectivity index (χ2v) is 7.17. The molecule has 1 fully saturated rings. The summed E-state index contributed by atoms with van der Waals surface area (Å²) in [4.78, 5) is 16.0. The van der Waals surface area contributed by atoms with Gasteiger partial charge >= 0.3 is 5.97 Å². The smallest absolute Gasteiger partial charge is 0.310 e. The SMILES string of the molecule is CCOC(=O)[C@@H]1CCCN(S(=O)(=O)NCCc2ccccn2)C1. The zero-order valence-corrected chi connectivity index (χ0v) is 14.1. The molecule has 23 heavy (non-hydrogen) atoms. The molecule has 0 radical (unpaired) electrons. The lowest BCUT2D eigenvalue weighted by atomic mass is 10.0. The number of carbonyl (C=O) groups excluding carboxylic acids is 1. The molecular weight excluding hydrogens is 318 g/mol. The Morgan fingerprint density at radius 2 is 2.30 bits per heavy atom. The van der Waals surface area contributed by atoms with E-state index in [1.165, 1.54) is 4.31 Å². The van der Waals surface area contributed by atoms with E-state index >= 15 is 0 Å². The summed E-state index contributed by atoms with van der Waals surface area (Å²) in [5.74, 6) is -0.697. The molecule has 0 aliphatic carbocycles. The van der Waals surface area contributed by atoms with Crippen LogP contribution in [0.2, 0.25) is 0 Å². The van der Waals surface area contributed by atoms with Crippen molar-refractivity contribution >= 4 is 16.2 Å². The van der Waals surface area contributed by atoms with Crippen molar-refractivity contribution in [1.29, 1.82) is 0 Å². The van der Waals surface area contributed by atoms with E-state index in [-0.39, 0.29) is 25.0 Å². The molecule has 2 rings (SSSR count). The predicted molar refractivity (Wildman–Crippen MR) is 85.8 cm³/mol. The zero-order chi connectivity index (χ0) is 16.7. The average Bonchev–Trinajstić information content (AvgIpc) is 2.56. The first kappa shape index (κ1) is 17.8. The van der Waals surface area contributed by atoms with E-state index in [0.29, 0.717) is 32.4 Å². The molecule has 7 nitrogen and oxygen atoms in total. The van der Waals surface area contributed by atoms with Crippen LogP contribution in [0.25, 0.3) is 0 Å². The first-order valence-corrected chi connectivity index (χ1v) is 9.28. The van der Waals surface area contributed by atoms with Crippen molar-refractivity contribution in [3.63, 3.8) is 0 Å². The summed E-state index contributed by atoms with van der Waals surface area (Å²) < 4.78 is 33.6. The Balaban J connectivity index is 1.87. The minimum atomic E-state index is -3.59. The van der Waals surface area contributed by atoms with Crippen LogP contribution in [0.4, 0.5) is 0 Å². The van der Waals surface area contributed by atoms with E-state index in [1.54, 1.807) is 13.1 Å². The van der Waals surface area contributed by atoms with Gasteiger partial charge in [0.1, 0.15) is 0 Å². The lowest BCUT2D eigenvalue weighted by Gasteiger charge is -2.30. The first-order chi connectivity index (χ1) is 11.0. The maximum Gasteiger partial charge on any atom is 0.310 e. The van der Waals surface area contributed by atoms with Gasteiger partial charge in [-0.25, -0.2) is 4.72 Å². The van der Waals surface area contributed by atoms with Crippen LogP contribution in [0.3, 0.4) is 0 Å². The van der Waals surface area contributed by atoms with Gasteiger partial charge in [-0.2, -0.15) is 12.7 Å². The maximum atomic E-state index is 12.3. The molecule has 0 saturated carbocycles. The molecule has 1 saturated heterocycles. The third kappa shape index (κ3) is 5.26. The molecule has 1 aromatic heterocycles. The Labute approximate surface area is 137 Å². The molecule has 1 atom stereocenters. The summed E-state index contributed by atoms with van der Waals surface area (Å²) in [5.41, 5.74) is 0.832. The van der Waals surface area contributed by atoms with E-state index in [1.807, 2.05) is 18.2 Å². The van der Waals surface area contributed by atoms with Gasteiger partial charge in [-0.3, -0.25) is 9.78 Å². The Kier molecular flexibility index (Phi) is 6.49. The van der Waals surface area contributed by atoms with E-state index < -0.39 is 10.2 Å². The number of esters is 1. The third-order valence-electron chi connectivity index (χ3n) is 3.74. The number of carbonyl (C=O) groups is 1. The molecule has 2 heterocycles. The number of nitrogens with zero attached hydrogens (tertiary/aromatic N) is 2. The number of hydrogen-bond donors (Lipinski definition) is 1. The number of hydrogen-bond acceptors (Lipinski definition) is 5. The molecule has 1 N–H and O–H groups in total. The summed E-state index contributed by atoms with van der Waals surface area (Å²) in [6.45, 7) is 2.94. The van der Waals surface area contributed by atoms with E-state index in [4.69, 9.17) is 4.74 Å². The topological polar surface area (TPSA) is 88.6 Å². The van der Waals surface area contributed by atoms with Gasteiger partial charge in [-0.05, 0) is 31.9 Å². The van der Waals surface area contributed by atoms with Crippen LogP contribution in [0, 0.1) is 5.92 Å². The van der Waals surface area contributed by atoms with Gasteiger partial charge < -0.3 is 4.74 Å². The van der Waals surface area contributed by atoms with Crippen LogP contribution in [0.15, 0.2) is 24.4 Å². The molecule has 0 aromatic carbocycles. The largest absolute Gasteiger partial charge is 0.466 e. The third-order valence-corrected chi connectivity index (χ3v) is 5.32. The average molecular weight is 341 g/mol. The van der Waals surface area contributed by atoms with Crippen LogP contribution < -0.4 is 4.72 Å². The van der Waals surface area contributed by atoms with Crippen molar-refractivity contribution in [2.45, 2.75) is 26.2 Å². The molecule has 8 heteroatoms. The number of rotatable bonds is 7. The van der Waals surface area contributed by atoms with Gasteiger partial charge in [-0.1, -0.05) is 6.07 Å². The minimum absolute atomic E-state index is 0.178. The van der Waals surface area contributed by atoms with Crippen molar-refractivity contribution in [2.24, 2.45) is 5.92 Å². The summed E-state index contributed by atoms with van der Waals surface area (Å²) >= 11 is 0. The van der Waals surface area contributed by atoms with Crippen molar-refractivity contribution in [3.05, 3.63) is 30.1 Å². The predicted octanol–water partition coefficient (Wildman–Crippen LogP) is 0.734. The van der Waals surface area contributed by atoms with Gasteiger partial charge in [0, 0.05) is 37.9 Å². The van der Waals surface area contributed by atoms with Crippen molar-refractivity contribution in [3.8, 4) is 0 Å². The molecule has 1 aliphatic rings. The molecule has 0 amide bonds. The standard InChI is InChI=1S/C15H23N3O4S/c1-2-22-15(19)13-6-5-11-18(12-13)23(20,21)17-10-8-14-7-3-4-9-16-14/h3-4,7,9,13,17H,2,5-6,8,10-12H2,1H3/t13-/m1/s1. The highest BCUT2D eigenvalue weighted by Gasteiger charge is 2.32. The minimum Gasteiger partial charge on any atom is -0.466 e. The van der Waals surface area contributed by atoms with Crippen LogP contribution in [-0.4, -0.2) is 49.9 Å². The molecule has 0 spiro atoms. The lowest BCUT2D eigenvalue weighted by Crippen LogP contribution is -2.48. The number of pyridine rings is 1. The fourth-order valence-corrected chi connectivity index (χ4v) is 3.85. The Morgan fingerprint density at radius 1 is 1.48 bits per heavy atom. The first-order valence-electron chi connectivity index (χ1n) is 7.84. The summed E-state index contributed by atoms with van der Waals surface area (Å²) in [6.07, 6.45) is 3.52. The second kappa shape index (κ2) is 8.37. The highest BCUT2D eigenvalue weighted by atomic mass is 32.2. The van der Waals surface area contributed by atoms with E-state index in [0.717, 1.165) is 5.69 Å². The Morgan fingerprint density at radius 3 is 3.00 bits per heavy atom. The number of aromatic nitrogens is 1. The van der Waals surface area contributed by atoms with Crippen LogP contribution in [0.1, 0.15) is 25.5 Å². The molecule has 1 aromatic rings. The van der Waals surface area contributed by atoms with Gasteiger partial charge in [0.25, 0.3) is 10.2 Å². The summed E-state index contributed by atoms with van der Waals surface area (Å²) in [7, 11) is -3.59. The van der Waals surface area contributed by atoms with Gasteiger partial charge in [-0.15, -0.1) is 0 Å². The second-order valence-electron chi connectivity index (χ2n) is 5.42. The fraction of sp³-hybridized carbons (Fsp3) is 0.600. The van der Waals surface area contributed by atoms with Crippen LogP contribution in [0.5, 0.6) is 0 Å². The van der Waals surface area contributed by atoms with E-state index in [2.05, 4.69) is 9.71 Å².